The van der Waals surface area contributed by atoms with Gasteiger partial charge in [-0.1, -0.05) is 231 Å². The lowest BCUT2D eigenvalue weighted by Crippen LogP contribution is -2.26. The maximum absolute atomic E-state index is 5.33. The lowest BCUT2D eigenvalue weighted by atomic mass is 9.69. The summed E-state index contributed by atoms with van der Waals surface area (Å²) in [5.74, 6) is 0. The van der Waals surface area contributed by atoms with Gasteiger partial charge in [0, 0.05) is 11.1 Å². The molecule has 2 aliphatic rings. The summed E-state index contributed by atoms with van der Waals surface area (Å²) < 4.78 is 0. The van der Waals surface area contributed by atoms with Crippen LogP contribution in [0.2, 0.25) is 0 Å². The Morgan fingerprint density at radius 3 is 1.18 bits per heavy atom. The molecule has 1 heteroatoms. The Labute approximate surface area is 379 Å². The maximum Gasteiger partial charge on any atom is 0.0731 e. The topological polar surface area (TPSA) is 12.9 Å². The number of hydrogen-bond acceptors (Lipinski definition) is 1. The van der Waals surface area contributed by atoms with Gasteiger partial charge in [0.25, 0.3) is 0 Å². The molecule has 11 aromatic rings. The third-order valence-electron chi connectivity index (χ3n) is 13.9. The zero-order valence-electron chi connectivity index (χ0n) is 35.6. The van der Waals surface area contributed by atoms with Crippen molar-refractivity contribution in [3.8, 4) is 89.3 Å². The molecule has 13 rings (SSSR count). The number of pyridine rings is 1. The minimum Gasteiger partial charge on any atom is -0.248 e. The third kappa shape index (κ3) is 5.83. The molecule has 2 aliphatic carbocycles. The molecule has 1 nitrogen and oxygen atoms in total. The van der Waals surface area contributed by atoms with E-state index in [0.29, 0.717) is 0 Å². The molecule has 0 saturated carbocycles. The molecule has 10 aromatic carbocycles. The maximum atomic E-state index is 5.33. The Morgan fingerprint density at radius 1 is 0.262 bits per heavy atom. The summed E-state index contributed by atoms with van der Waals surface area (Å²) in [5, 5.41) is 2.55. The van der Waals surface area contributed by atoms with E-state index in [2.05, 4.69) is 249 Å². The summed E-state index contributed by atoms with van der Waals surface area (Å²) >= 11 is 0. The van der Waals surface area contributed by atoms with E-state index in [0.717, 1.165) is 33.6 Å². The summed E-state index contributed by atoms with van der Waals surface area (Å²) in [5.41, 5.74) is 23.9. The van der Waals surface area contributed by atoms with Gasteiger partial charge in [0.05, 0.1) is 16.8 Å². The van der Waals surface area contributed by atoms with Crippen molar-refractivity contribution in [3.63, 3.8) is 0 Å². The van der Waals surface area contributed by atoms with Gasteiger partial charge < -0.3 is 0 Å². The fraction of sp³-hybridized carbons (Fsp3) is 0.0156. The molecule has 1 spiro atoms. The van der Waals surface area contributed by atoms with E-state index in [-0.39, 0.29) is 0 Å². The van der Waals surface area contributed by atoms with Crippen molar-refractivity contribution in [3.05, 3.63) is 271 Å². The van der Waals surface area contributed by atoms with Crippen molar-refractivity contribution in [2.45, 2.75) is 5.41 Å². The van der Waals surface area contributed by atoms with Gasteiger partial charge in [0.15, 0.2) is 0 Å². The Morgan fingerprint density at radius 2 is 0.646 bits per heavy atom. The average Bonchev–Trinajstić information content (AvgIpc) is 3.87. The second-order valence-corrected chi connectivity index (χ2v) is 17.4. The van der Waals surface area contributed by atoms with Gasteiger partial charge in [0.1, 0.15) is 0 Å². The van der Waals surface area contributed by atoms with Gasteiger partial charge in [-0.3, -0.25) is 0 Å². The van der Waals surface area contributed by atoms with Crippen LogP contribution in [-0.2, 0) is 5.41 Å². The van der Waals surface area contributed by atoms with E-state index >= 15 is 0 Å². The van der Waals surface area contributed by atoms with Crippen LogP contribution in [0.25, 0.3) is 100 Å². The van der Waals surface area contributed by atoms with Gasteiger partial charge in [-0.2, -0.15) is 0 Å². The number of aromatic nitrogens is 1. The van der Waals surface area contributed by atoms with Gasteiger partial charge >= 0.3 is 0 Å². The fourth-order valence-electron chi connectivity index (χ4n) is 11.0. The molecule has 1 heterocycles. The van der Waals surface area contributed by atoms with Crippen LogP contribution in [0.4, 0.5) is 0 Å². The first-order valence-corrected chi connectivity index (χ1v) is 22.5. The quantitative estimate of drug-likeness (QED) is 0.163. The van der Waals surface area contributed by atoms with Crippen molar-refractivity contribution in [2.24, 2.45) is 0 Å². The average molecular weight is 824 g/mol. The van der Waals surface area contributed by atoms with Crippen LogP contribution in [0.3, 0.4) is 0 Å². The molecule has 1 aromatic heterocycles. The number of fused-ring (bicyclic) bond motifs is 12. The monoisotopic (exact) mass is 823 g/mol. The van der Waals surface area contributed by atoms with Gasteiger partial charge in [0.2, 0.25) is 0 Å². The predicted molar refractivity (Wildman–Crippen MR) is 271 cm³/mol. The lowest BCUT2D eigenvalue weighted by Gasteiger charge is -2.31. The van der Waals surface area contributed by atoms with Crippen molar-refractivity contribution >= 4 is 10.8 Å². The summed E-state index contributed by atoms with van der Waals surface area (Å²) in [7, 11) is 0. The Hall–Kier alpha value is -8.39. The van der Waals surface area contributed by atoms with Crippen LogP contribution >= 0.6 is 0 Å². The number of rotatable bonds is 6. The van der Waals surface area contributed by atoms with Gasteiger partial charge in [-0.15, -0.1) is 0 Å². The zero-order valence-corrected chi connectivity index (χ0v) is 35.6. The number of nitrogens with zero attached hydrogens (tertiary/aromatic N) is 1. The highest BCUT2D eigenvalue weighted by atomic mass is 14.7. The van der Waals surface area contributed by atoms with Gasteiger partial charge in [-0.05, 0) is 118 Å². The molecule has 0 N–H and O–H groups in total. The molecule has 0 atom stereocenters. The number of benzene rings is 10. The summed E-state index contributed by atoms with van der Waals surface area (Å²) in [6, 6.07) is 91.2. The minimum absolute atomic E-state index is 0.433. The first-order chi connectivity index (χ1) is 32.2. The Bertz CT molecular complexity index is 3460. The molecule has 0 saturated heterocycles. The molecule has 0 amide bonds. The molecule has 0 bridgehead atoms. The highest BCUT2D eigenvalue weighted by molar-refractivity contribution is 6.09. The lowest BCUT2D eigenvalue weighted by molar-refractivity contribution is 0.801. The normalized spacial score (nSPS) is 12.7. The smallest absolute Gasteiger partial charge is 0.0731 e. The third-order valence-corrected chi connectivity index (χ3v) is 13.9. The van der Waals surface area contributed by atoms with E-state index in [1.54, 1.807) is 0 Å². The van der Waals surface area contributed by atoms with Crippen molar-refractivity contribution < 1.29 is 0 Å². The highest BCUT2D eigenvalue weighted by Crippen LogP contribution is 2.65. The molecule has 0 aliphatic heterocycles. The Kier molecular flexibility index (Phi) is 8.51. The van der Waals surface area contributed by atoms with E-state index in [4.69, 9.17) is 4.98 Å². The van der Waals surface area contributed by atoms with E-state index in [1.165, 1.54) is 88.7 Å². The zero-order chi connectivity index (χ0) is 42.9. The second-order valence-electron chi connectivity index (χ2n) is 17.4. The molecular weight excluding hydrogens is 783 g/mol. The van der Waals surface area contributed by atoms with Crippen molar-refractivity contribution in [1.29, 1.82) is 0 Å². The summed E-state index contributed by atoms with van der Waals surface area (Å²) in [6.07, 6.45) is 0. The summed E-state index contributed by atoms with van der Waals surface area (Å²) in [6.45, 7) is 0. The van der Waals surface area contributed by atoms with Gasteiger partial charge in [-0.25, -0.2) is 4.98 Å². The van der Waals surface area contributed by atoms with Crippen molar-refractivity contribution in [2.75, 3.05) is 0 Å². The fourth-order valence-corrected chi connectivity index (χ4v) is 11.0. The van der Waals surface area contributed by atoms with Crippen LogP contribution in [0.1, 0.15) is 22.3 Å². The first-order valence-electron chi connectivity index (χ1n) is 22.5. The molecule has 302 valence electrons. The van der Waals surface area contributed by atoms with Crippen LogP contribution in [0.15, 0.2) is 249 Å². The standard InChI is InChI=1S/C64H41N/c1-3-15-42(16-4-1)44-29-35-48(36-30-44)60-40-51(41-61(65-60)49-37-31-45(32-38-49)43-17-5-2-6-18-43)46-27-33-47(34-28-46)56-39-50-19-7-8-20-52(50)63-62(56)55-23-11-14-26-59(55)64(63)57-24-12-9-21-53(57)54-22-10-13-25-58(54)64/h1-41H. The van der Waals surface area contributed by atoms with Crippen molar-refractivity contribution in [1.82, 2.24) is 4.98 Å². The van der Waals surface area contributed by atoms with E-state index < -0.39 is 5.41 Å². The minimum atomic E-state index is -0.433. The summed E-state index contributed by atoms with van der Waals surface area (Å²) in [4.78, 5) is 5.33. The molecular formula is C64H41N. The molecule has 65 heavy (non-hydrogen) atoms. The first kappa shape index (κ1) is 37.2. The van der Waals surface area contributed by atoms with E-state index in [9.17, 15) is 0 Å². The van der Waals surface area contributed by atoms with Crippen LogP contribution in [0.5, 0.6) is 0 Å². The predicted octanol–water partition coefficient (Wildman–Crippen LogP) is 16.6. The van der Waals surface area contributed by atoms with Crippen LogP contribution in [0, 0.1) is 0 Å². The molecule has 0 unspecified atom stereocenters. The second kappa shape index (κ2) is 14.9. The Balaban J connectivity index is 0.963. The highest BCUT2D eigenvalue weighted by Gasteiger charge is 2.52. The largest absolute Gasteiger partial charge is 0.248 e. The van der Waals surface area contributed by atoms with Crippen LogP contribution < -0.4 is 0 Å². The molecule has 0 radical (unpaired) electrons. The van der Waals surface area contributed by atoms with E-state index in [1.807, 2.05) is 0 Å². The number of hydrogen-bond donors (Lipinski definition) is 0. The van der Waals surface area contributed by atoms with Crippen LogP contribution in [-0.4, -0.2) is 4.98 Å². The molecule has 0 fully saturated rings. The SMILES string of the molecule is c1ccc(-c2ccc(-c3cc(-c4ccc(-c5cc6ccccc6c6c5-c5ccccc5C65c6ccccc6-c6ccccc65)cc4)cc(-c4ccc(-c5ccccc5)cc4)n3)cc2)cc1.